The van der Waals surface area contributed by atoms with E-state index in [9.17, 15) is 26.3 Å². The number of halogens is 6. The van der Waals surface area contributed by atoms with E-state index in [-0.39, 0.29) is 33.0 Å². The van der Waals surface area contributed by atoms with E-state index in [4.69, 9.17) is 0 Å². The standard InChI is InChI=1S/C29H38F6P2.C5H10.Fe/c1-19(37(26(2,3)4)27(5,6)7)24-9-8-10-25(24)36(22-15-11-20(12-16-22)28(30,31)32)23-17-13-21(14-18-23)29(33,34)35;1-2-4-5-3-1;/h11-19,24-25H,8-10H2,1-7H3;1-5H2;/t19-,24?,25?;;/m1../s1. The molecule has 2 aromatic carbocycles. The summed E-state index contributed by atoms with van der Waals surface area (Å²) in [5, 5.41) is 1.82. The van der Waals surface area contributed by atoms with Crippen molar-refractivity contribution in [3.05, 3.63) is 59.7 Å². The van der Waals surface area contributed by atoms with Gasteiger partial charge in [-0.15, -0.1) is 0 Å². The molecule has 43 heavy (non-hydrogen) atoms. The molecule has 0 bridgehead atoms. The van der Waals surface area contributed by atoms with Crippen molar-refractivity contribution in [2.75, 3.05) is 0 Å². The zero-order chi connectivity index (χ0) is 31.5. The van der Waals surface area contributed by atoms with Gasteiger partial charge in [0.2, 0.25) is 0 Å². The van der Waals surface area contributed by atoms with Crippen LogP contribution in [0.5, 0.6) is 0 Å². The Morgan fingerprint density at radius 1 is 0.581 bits per heavy atom. The number of benzene rings is 2. The van der Waals surface area contributed by atoms with E-state index in [1.165, 1.54) is 32.1 Å². The summed E-state index contributed by atoms with van der Waals surface area (Å²) < 4.78 is 79.7. The first-order chi connectivity index (χ1) is 19.3. The summed E-state index contributed by atoms with van der Waals surface area (Å²) in [7, 11) is -1.57. The molecule has 0 amide bonds. The zero-order valence-corrected chi connectivity index (χ0v) is 29.4. The van der Waals surface area contributed by atoms with Gasteiger partial charge in [0, 0.05) is 17.1 Å². The fraction of sp³-hybridized carbons (Fsp3) is 0.647. The van der Waals surface area contributed by atoms with Crippen molar-refractivity contribution < 1.29 is 43.4 Å². The molecule has 9 heteroatoms. The third-order valence-corrected chi connectivity index (χ3v) is 15.6. The molecule has 0 N–H and O–H groups in total. The van der Waals surface area contributed by atoms with Crippen molar-refractivity contribution in [2.24, 2.45) is 5.92 Å². The van der Waals surface area contributed by atoms with Gasteiger partial charge in [-0.1, -0.05) is 119 Å². The zero-order valence-electron chi connectivity index (χ0n) is 26.5. The van der Waals surface area contributed by atoms with E-state index in [0.717, 1.165) is 54.1 Å². The summed E-state index contributed by atoms with van der Waals surface area (Å²) >= 11 is 0. The van der Waals surface area contributed by atoms with Crippen LogP contribution in [0.15, 0.2) is 48.5 Å². The summed E-state index contributed by atoms with van der Waals surface area (Å²) in [4.78, 5) is 0. The second kappa shape index (κ2) is 15.3. The largest absolute Gasteiger partial charge is 0.416 e. The summed E-state index contributed by atoms with van der Waals surface area (Å²) in [6.07, 6.45) is 1.62. The van der Waals surface area contributed by atoms with E-state index >= 15 is 0 Å². The molecule has 0 saturated heterocycles. The van der Waals surface area contributed by atoms with E-state index < -0.39 is 39.3 Å². The van der Waals surface area contributed by atoms with E-state index in [2.05, 4.69) is 48.5 Å². The van der Waals surface area contributed by atoms with Crippen LogP contribution in [0.4, 0.5) is 26.3 Å². The molecule has 0 radical (unpaired) electrons. The number of alkyl halides is 6. The first-order valence-electron chi connectivity index (χ1n) is 15.2. The van der Waals surface area contributed by atoms with Crippen molar-refractivity contribution in [1.29, 1.82) is 0 Å². The smallest absolute Gasteiger partial charge is 0.166 e. The number of hydrogen-bond acceptors (Lipinski definition) is 0. The average molecular weight is 689 g/mol. The van der Waals surface area contributed by atoms with Gasteiger partial charge >= 0.3 is 12.4 Å². The molecular formula is C34H48F6FeP2. The predicted molar refractivity (Wildman–Crippen MR) is 169 cm³/mol. The van der Waals surface area contributed by atoms with Gasteiger partial charge in [0.1, 0.15) is 0 Å². The third-order valence-electron chi connectivity index (χ3n) is 8.53. The topological polar surface area (TPSA) is 0 Å². The minimum absolute atomic E-state index is 0. The fourth-order valence-electron chi connectivity index (χ4n) is 7.31. The molecule has 2 unspecified atom stereocenters. The van der Waals surface area contributed by atoms with Crippen LogP contribution in [0.2, 0.25) is 0 Å². The van der Waals surface area contributed by atoms with Gasteiger partial charge in [-0.3, -0.25) is 0 Å². The van der Waals surface area contributed by atoms with Crippen LogP contribution in [0, 0.1) is 5.92 Å². The van der Waals surface area contributed by atoms with Crippen molar-refractivity contribution in [3.8, 4) is 0 Å². The van der Waals surface area contributed by atoms with Crippen LogP contribution in [0.1, 0.15) is 111 Å². The van der Waals surface area contributed by atoms with E-state index in [0.29, 0.717) is 11.6 Å². The fourth-order valence-corrected chi connectivity index (χ4v) is 15.9. The SMILES string of the molecule is C1CCCC1.C[C@H](C1CCCC1P(c1ccc(C(F)(F)F)cc1)c1ccc(C(F)(F)F)cc1)P(C(C)(C)C)C(C)(C)C.[Fe]. The Bertz CT molecular complexity index is 1030. The number of rotatable bonds is 5. The molecule has 0 heterocycles. The first-order valence-corrected chi connectivity index (χ1v) is 18.1. The van der Waals surface area contributed by atoms with Crippen molar-refractivity contribution in [3.63, 3.8) is 0 Å². The monoisotopic (exact) mass is 688 g/mol. The molecule has 0 aromatic heterocycles. The molecule has 2 fully saturated rings. The minimum atomic E-state index is -4.44. The van der Waals surface area contributed by atoms with E-state index in [1.807, 2.05) is 0 Å². The van der Waals surface area contributed by atoms with Gasteiger partial charge in [0.05, 0.1) is 11.1 Å². The molecule has 2 aliphatic carbocycles. The Kier molecular flexibility index (Phi) is 13.8. The minimum Gasteiger partial charge on any atom is -0.166 e. The van der Waals surface area contributed by atoms with Crippen LogP contribution in [0.3, 0.4) is 0 Å². The summed E-state index contributed by atoms with van der Waals surface area (Å²) in [6.45, 7) is 16.1. The van der Waals surface area contributed by atoms with Crippen LogP contribution in [-0.2, 0) is 29.4 Å². The Morgan fingerprint density at radius 2 is 0.930 bits per heavy atom. The second-order valence-corrected chi connectivity index (χ2v) is 20.5. The van der Waals surface area contributed by atoms with Crippen LogP contribution in [0.25, 0.3) is 0 Å². The molecule has 0 aliphatic heterocycles. The average Bonchev–Trinajstić information content (AvgIpc) is 3.58. The Balaban J connectivity index is 0.000000973. The Morgan fingerprint density at radius 3 is 1.23 bits per heavy atom. The predicted octanol–water partition coefficient (Wildman–Crippen LogP) is 11.7. The molecule has 0 nitrogen and oxygen atoms in total. The number of hydrogen-bond donors (Lipinski definition) is 0. The maximum absolute atomic E-state index is 13.3. The maximum Gasteiger partial charge on any atom is 0.416 e. The first kappa shape index (κ1) is 38.6. The van der Waals surface area contributed by atoms with Gasteiger partial charge in [0.25, 0.3) is 0 Å². The van der Waals surface area contributed by atoms with Crippen molar-refractivity contribution in [1.82, 2.24) is 0 Å². The van der Waals surface area contributed by atoms with Gasteiger partial charge in [0.15, 0.2) is 0 Å². The van der Waals surface area contributed by atoms with Crippen molar-refractivity contribution in [2.45, 2.75) is 134 Å². The molecule has 4 rings (SSSR count). The third kappa shape index (κ3) is 10.5. The summed E-state index contributed by atoms with van der Waals surface area (Å²) in [5.41, 5.74) is -0.803. The Hall–Kier alpha value is -0.601. The van der Waals surface area contributed by atoms with Crippen LogP contribution in [-0.4, -0.2) is 21.6 Å². The molecule has 2 saturated carbocycles. The maximum atomic E-state index is 13.3. The Labute approximate surface area is 268 Å². The molecule has 2 aliphatic rings. The summed E-state index contributed by atoms with van der Waals surface area (Å²) in [5.74, 6) is 0.361. The molecule has 244 valence electrons. The van der Waals surface area contributed by atoms with Crippen LogP contribution >= 0.6 is 15.8 Å². The van der Waals surface area contributed by atoms with Gasteiger partial charge in [-0.2, -0.15) is 26.3 Å². The van der Waals surface area contributed by atoms with Gasteiger partial charge < -0.3 is 0 Å². The van der Waals surface area contributed by atoms with Gasteiger partial charge in [-0.25, -0.2) is 0 Å². The van der Waals surface area contributed by atoms with E-state index in [1.54, 1.807) is 24.3 Å². The second-order valence-electron chi connectivity index (χ2n) is 13.8. The molecule has 2 aromatic rings. The molecule has 3 atom stereocenters. The normalized spacial score (nSPS) is 20.5. The van der Waals surface area contributed by atoms with Crippen LogP contribution < -0.4 is 10.6 Å². The molecule has 0 spiro atoms. The quantitative estimate of drug-likeness (QED) is 0.167. The van der Waals surface area contributed by atoms with Gasteiger partial charge in [-0.05, 0) is 83.2 Å². The summed E-state index contributed by atoms with van der Waals surface area (Å²) in [6, 6.07) is 10.6. The van der Waals surface area contributed by atoms with Crippen molar-refractivity contribution >= 4 is 26.5 Å². The molecular weight excluding hydrogens is 640 g/mol.